The van der Waals surface area contributed by atoms with Gasteiger partial charge in [-0.3, -0.25) is 0 Å². The molecule has 0 saturated heterocycles. The van der Waals surface area contributed by atoms with Crippen LogP contribution in [0.1, 0.15) is 11.7 Å². The maximum atomic E-state index is 10.1. The molecule has 0 spiro atoms. The maximum Gasteiger partial charge on any atom is 0.0962 e. The Morgan fingerprint density at radius 3 is 2.63 bits per heavy atom. The lowest BCUT2D eigenvalue weighted by Crippen LogP contribution is -2.12. The number of aliphatic hydroxyl groups is 1. The normalized spacial score (nSPS) is 12.2. The van der Waals surface area contributed by atoms with Gasteiger partial charge in [0.1, 0.15) is 0 Å². The average Bonchev–Trinajstić information content (AvgIpc) is 2.40. The van der Waals surface area contributed by atoms with Gasteiger partial charge in [-0.1, -0.05) is 45.7 Å². The van der Waals surface area contributed by atoms with Gasteiger partial charge in [0.15, 0.2) is 0 Å². The smallest absolute Gasteiger partial charge is 0.0962 e. The molecule has 0 amide bonds. The largest absolute Gasteiger partial charge is 0.387 e. The first kappa shape index (κ1) is 14.9. The van der Waals surface area contributed by atoms with Gasteiger partial charge in [0.05, 0.1) is 21.3 Å². The molecular formula is C14H12Br2ClNO. The zero-order valence-corrected chi connectivity index (χ0v) is 13.8. The van der Waals surface area contributed by atoms with Crippen LogP contribution in [-0.4, -0.2) is 11.7 Å². The summed E-state index contributed by atoms with van der Waals surface area (Å²) in [7, 11) is 0. The van der Waals surface area contributed by atoms with Gasteiger partial charge in [-0.25, -0.2) is 0 Å². The van der Waals surface area contributed by atoms with Gasteiger partial charge in [0.2, 0.25) is 0 Å². The lowest BCUT2D eigenvalue weighted by Gasteiger charge is -2.15. The number of hydrogen-bond donors (Lipinski definition) is 2. The van der Waals surface area contributed by atoms with Crippen LogP contribution in [0.4, 0.5) is 5.69 Å². The van der Waals surface area contributed by atoms with Crippen LogP contribution < -0.4 is 5.32 Å². The fraction of sp³-hybridized carbons (Fsp3) is 0.143. The Hall–Kier alpha value is -0.550. The molecule has 0 radical (unpaired) electrons. The second-order valence-corrected chi connectivity index (χ2v) is 6.17. The van der Waals surface area contributed by atoms with Crippen LogP contribution in [0.5, 0.6) is 0 Å². The summed E-state index contributed by atoms with van der Waals surface area (Å²) < 4.78 is 1.76. The lowest BCUT2D eigenvalue weighted by atomic mass is 10.1. The summed E-state index contributed by atoms with van der Waals surface area (Å²) in [5.74, 6) is 0. The predicted molar refractivity (Wildman–Crippen MR) is 86.7 cm³/mol. The average molecular weight is 406 g/mol. The van der Waals surface area contributed by atoms with Crippen LogP contribution >= 0.6 is 43.5 Å². The van der Waals surface area contributed by atoms with Gasteiger partial charge in [-0.2, -0.15) is 0 Å². The quantitative estimate of drug-likeness (QED) is 0.749. The minimum atomic E-state index is -0.580. The summed E-state index contributed by atoms with van der Waals surface area (Å²) in [4.78, 5) is 0. The first-order chi connectivity index (χ1) is 9.08. The highest BCUT2D eigenvalue weighted by Gasteiger charge is 2.09. The molecule has 5 heteroatoms. The van der Waals surface area contributed by atoms with Crippen LogP contribution in [0.15, 0.2) is 51.4 Å². The predicted octanol–water partition coefficient (Wildman–Crippen LogP) is 5.01. The highest BCUT2D eigenvalue weighted by molar-refractivity contribution is 9.11. The van der Waals surface area contributed by atoms with Crippen molar-refractivity contribution in [2.45, 2.75) is 6.10 Å². The van der Waals surface area contributed by atoms with Crippen molar-refractivity contribution in [3.63, 3.8) is 0 Å². The van der Waals surface area contributed by atoms with Gasteiger partial charge >= 0.3 is 0 Å². The summed E-state index contributed by atoms with van der Waals surface area (Å²) in [6.45, 7) is 0.412. The van der Waals surface area contributed by atoms with Gasteiger partial charge in [0.25, 0.3) is 0 Å². The van der Waals surface area contributed by atoms with E-state index in [0.717, 1.165) is 20.2 Å². The van der Waals surface area contributed by atoms with Gasteiger partial charge in [-0.05, 0) is 45.8 Å². The van der Waals surface area contributed by atoms with Gasteiger partial charge < -0.3 is 10.4 Å². The summed E-state index contributed by atoms with van der Waals surface area (Å²) in [6, 6.07) is 13.2. The van der Waals surface area contributed by atoms with Crippen LogP contribution in [0.25, 0.3) is 0 Å². The standard InChI is InChI=1S/C14H12Br2ClNO/c15-10-4-1-3-9(7-10)13(19)8-18-12-6-2-5-11(17)14(12)16/h1-7,13,18-19H,8H2. The molecule has 100 valence electrons. The molecule has 0 aliphatic heterocycles. The van der Waals surface area contributed by atoms with Crippen molar-refractivity contribution in [3.8, 4) is 0 Å². The number of hydrogen-bond acceptors (Lipinski definition) is 2. The molecule has 0 saturated carbocycles. The Morgan fingerprint density at radius 2 is 1.89 bits per heavy atom. The third-order valence-electron chi connectivity index (χ3n) is 2.67. The van der Waals surface area contributed by atoms with E-state index in [9.17, 15) is 5.11 Å². The van der Waals surface area contributed by atoms with E-state index in [1.165, 1.54) is 0 Å². The maximum absolute atomic E-state index is 10.1. The number of benzene rings is 2. The summed E-state index contributed by atoms with van der Waals surface area (Å²) >= 11 is 12.8. The number of anilines is 1. The number of rotatable bonds is 4. The first-order valence-electron chi connectivity index (χ1n) is 5.69. The molecule has 2 aromatic carbocycles. The Bertz CT molecular complexity index is 577. The van der Waals surface area contributed by atoms with E-state index in [0.29, 0.717) is 11.6 Å². The first-order valence-corrected chi connectivity index (χ1v) is 7.65. The zero-order chi connectivity index (χ0) is 13.8. The summed E-state index contributed by atoms with van der Waals surface area (Å²) in [5, 5.41) is 14.0. The van der Waals surface area contributed by atoms with E-state index in [4.69, 9.17) is 11.6 Å². The topological polar surface area (TPSA) is 32.3 Å². The number of aliphatic hydroxyl groups excluding tert-OH is 1. The molecule has 1 unspecified atom stereocenters. The van der Waals surface area contributed by atoms with Crippen LogP contribution in [0.3, 0.4) is 0 Å². The Balaban J connectivity index is 2.04. The molecule has 0 heterocycles. The Kier molecular flexibility index (Phi) is 5.28. The van der Waals surface area contributed by atoms with Crippen molar-refractivity contribution >= 4 is 49.1 Å². The van der Waals surface area contributed by atoms with Crippen molar-refractivity contribution in [2.24, 2.45) is 0 Å². The highest BCUT2D eigenvalue weighted by Crippen LogP contribution is 2.30. The van der Waals surface area contributed by atoms with Gasteiger partial charge in [-0.15, -0.1) is 0 Å². The number of nitrogens with one attached hydrogen (secondary N) is 1. The van der Waals surface area contributed by atoms with Crippen molar-refractivity contribution < 1.29 is 5.11 Å². The third kappa shape index (κ3) is 3.96. The summed E-state index contributed by atoms with van der Waals surface area (Å²) in [5.41, 5.74) is 1.72. The van der Waals surface area contributed by atoms with E-state index in [-0.39, 0.29) is 0 Å². The van der Waals surface area contributed by atoms with E-state index >= 15 is 0 Å². The third-order valence-corrected chi connectivity index (χ3v) is 4.56. The second kappa shape index (κ2) is 6.75. The molecule has 2 rings (SSSR count). The zero-order valence-electron chi connectivity index (χ0n) is 9.91. The molecule has 0 fully saturated rings. The molecule has 0 aliphatic rings. The van der Waals surface area contributed by atoms with Gasteiger partial charge in [0, 0.05) is 11.0 Å². The SMILES string of the molecule is OC(CNc1cccc(Cl)c1Br)c1cccc(Br)c1. The van der Waals surface area contributed by atoms with E-state index in [1.54, 1.807) is 0 Å². The highest BCUT2D eigenvalue weighted by atomic mass is 79.9. The Morgan fingerprint density at radius 1 is 1.16 bits per heavy atom. The van der Waals surface area contributed by atoms with Crippen LogP contribution in [-0.2, 0) is 0 Å². The second-order valence-electron chi connectivity index (χ2n) is 4.05. The van der Waals surface area contributed by atoms with E-state index in [1.807, 2.05) is 42.5 Å². The minimum Gasteiger partial charge on any atom is -0.387 e. The molecule has 2 nitrogen and oxygen atoms in total. The molecule has 1 atom stereocenters. The van der Waals surface area contributed by atoms with Crippen molar-refractivity contribution in [2.75, 3.05) is 11.9 Å². The van der Waals surface area contributed by atoms with Crippen molar-refractivity contribution in [3.05, 3.63) is 62.0 Å². The molecule has 0 aromatic heterocycles. The van der Waals surface area contributed by atoms with E-state index in [2.05, 4.69) is 37.2 Å². The molecule has 2 N–H and O–H groups in total. The van der Waals surface area contributed by atoms with Crippen LogP contribution in [0, 0.1) is 0 Å². The monoisotopic (exact) mass is 403 g/mol. The summed E-state index contributed by atoms with van der Waals surface area (Å²) in [6.07, 6.45) is -0.580. The lowest BCUT2D eigenvalue weighted by molar-refractivity contribution is 0.191. The van der Waals surface area contributed by atoms with Crippen molar-refractivity contribution in [1.29, 1.82) is 0 Å². The molecule has 0 bridgehead atoms. The molecule has 19 heavy (non-hydrogen) atoms. The fourth-order valence-electron chi connectivity index (χ4n) is 1.68. The molecule has 0 aliphatic carbocycles. The fourth-order valence-corrected chi connectivity index (χ4v) is 2.67. The number of halogens is 3. The Labute approximate surface area is 134 Å². The molecule has 2 aromatic rings. The van der Waals surface area contributed by atoms with Crippen LogP contribution in [0.2, 0.25) is 5.02 Å². The van der Waals surface area contributed by atoms with Crippen molar-refractivity contribution in [1.82, 2.24) is 0 Å². The van der Waals surface area contributed by atoms with E-state index < -0.39 is 6.10 Å². The minimum absolute atomic E-state index is 0.412. The molecular weight excluding hydrogens is 393 g/mol.